The van der Waals surface area contributed by atoms with Crippen LogP contribution >= 0.6 is 11.3 Å². The number of rotatable bonds is 3. The number of hydrogen-bond donors (Lipinski definition) is 2. The van der Waals surface area contributed by atoms with E-state index in [1.165, 1.54) is 11.3 Å². The quantitative estimate of drug-likeness (QED) is 0.708. The molecular formula is C23H29N5O4S. The van der Waals surface area contributed by atoms with Gasteiger partial charge in [0, 0.05) is 44.0 Å². The van der Waals surface area contributed by atoms with E-state index in [0.29, 0.717) is 35.2 Å². The topological polar surface area (TPSA) is 104 Å². The fourth-order valence-electron chi connectivity index (χ4n) is 3.92. The van der Waals surface area contributed by atoms with Crippen LogP contribution in [0.25, 0.3) is 0 Å². The fourth-order valence-corrected chi connectivity index (χ4v) is 4.84. The van der Waals surface area contributed by atoms with E-state index in [1.807, 2.05) is 17.0 Å². The predicted molar refractivity (Wildman–Crippen MR) is 128 cm³/mol. The number of nitrogens with zero attached hydrogens (tertiary/aromatic N) is 3. The molecule has 3 amide bonds. The first kappa shape index (κ1) is 23.0. The summed E-state index contributed by atoms with van der Waals surface area (Å²) in [6.45, 7) is 9.77. The number of piperazine rings is 1. The molecule has 0 aliphatic carbocycles. The molecule has 9 nitrogen and oxygen atoms in total. The van der Waals surface area contributed by atoms with Crippen LogP contribution in [0.4, 0.5) is 21.3 Å². The van der Waals surface area contributed by atoms with E-state index in [9.17, 15) is 14.4 Å². The van der Waals surface area contributed by atoms with E-state index in [4.69, 9.17) is 4.74 Å². The highest BCUT2D eigenvalue weighted by Crippen LogP contribution is 2.29. The summed E-state index contributed by atoms with van der Waals surface area (Å²) in [5.41, 5.74) is 3.13. The van der Waals surface area contributed by atoms with Crippen molar-refractivity contribution in [1.82, 2.24) is 9.88 Å². The summed E-state index contributed by atoms with van der Waals surface area (Å²) in [7, 11) is 0. The van der Waals surface area contributed by atoms with Crippen LogP contribution < -0.4 is 15.5 Å². The Hall–Kier alpha value is -3.14. The van der Waals surface area contributed by atoms with Gasteiger partial charge < -0.3 is 19.9 Å². The predicted octanol–water partition coefficient (Wildman–Crippen LogP) is 3.65. The lowest BCUT2D eigenvalue weighted by atomic mass is 10.0. The van der Waals surface area contributed by atoms with Crippen LogP contribution in [0, 0.1) is 6.92 Å². The molecule has 33 heavy (non-hydrogen) atoms. The van der Waals surface area contributed by atoms with Gasteiger partial charge in [-0.3, -0.25) is 14.9 Å². The van der Waals surface area contributed by atoms with Gasteiger partial charge in [-0.05, 0) is 57.9 Å². The largest absolute Gasteiger partial charge is 0.444 e. The Kier molecular flexibility index (Phi) is 6.29. The third kappa shape index (κ3) is 5.44. The Labute approximate surface area is 197 Å². The first-order valence-electron chi connectivity index (χ1n) is 11.0. The normalized spacial score (nSPS) is 16.2. The molecule has 2 N–H and O–H groups in total. The molecule has 0 spiro atoms. The fraction of sp³-hybridized carbons (Fsp3) is 0.478. The SMILES string of the molecule is Cc1nc(NC(=O)OC(C)(C)C)sc1C(=O)N1CCN(c2ccc3c(c2)CCC(=O)N3)CC1. The Morgan fingerprint density at radius 3 is 2.58 bits per heavy atom. The van der Waals surface area contributed by atoms with Crippen molar-refractivity contribution in [3.05, 3.63) is 34.3 Å². The molecule has 0 unspecified atom stereocenters. The summed E-state index contributed by atoms with van der Waals surface area (Å²) in [6.07, 6.45) is 0.670. The lowest BCUT2D eigenvalue weighted by Gasteiger charge is -2.36. The van der Waals surface area contributed by atoms with Crippen molar-refractivity contribution in [2.24, 2.45) is 0 Å². The van der Waals surface area contributed by atoms with Gasteiger partial charge in [-0.25, -0.2) is 9.78 Å². The molecule has 0 saturated carbocycles. The average molecular weight is 472 g/mol. The minimum atomic E-state index is -0.610. The number of benzene rings is 1. The maximum Gasteiger partial charge on any atom is 0.413 e. The van der Waals surface area contributed by atoms with Crippen LogP contribution in [-0.2, 0) is 16.0 Å². The number of hydrogen-bond acceptors (Lipinski definition) is 7. The van der Waals surface area contributed by atoms with Gasteiger partial charge in [-0.1, -0.05) is 11.3 Å². The van der Waals surface area contributed by atoms with Crippen molar-refractivity contribution in [3.8, 4) is 0 Å². The van der Waals surface area contributed by atoms with E-state index in [-0.39, 0.29) is 11.8 Å². The number of thiazole rings is 1. The molecule has 0 radical (unpaired) electrons. The van der Waals surface area contributed by atoms with Crippen molar-refractivity contribution in [2.75, 3.05) is 41.7 Å². The van der Waals surface area contributed by atoms with Crippen LogP contribution in [-0.4, -0.2) is 59.6 Å². The lowest BCUT2D eigenvalue weighted by molar-refractivity contribution is -0.116. The molecule has 0 atom stereocenters. The van der Waals surface area contributed by atoms with Crippen LogP contribution in [0.3, 0.4) is 0 Å². The lowest BCUT2D eigenvalue weighted by Crippen LogP contribution is -2.48. The van der Waals surface area contributed by atoms with E-state index in [0.717, 1.165) is 36.4 Å². The average Bonchev–Trinajstić information content (AvgIpc) is 3.11. The van der Waals surface area contributed by atoms with Crippen molar-refractivity contribution in [3.63, 3.8) is 0 Å². The van der Waals surface area contributed by atoms with Gasteiger partial charge in [0.2, 0.25) is 5.91 Å². The third-order valence-corrected chi connectivity index (χ3v) is 6.58. The maximum absolute atomic E-state index is 13.1. The second kappa shape index (κ2) is 9.01. The van der Waals surface area contributed by atoms with E-state index >= 15 is 0 Å². The highest BCUT2D eigenvalue weighted by atomic mass is 32.1. The zero-order chi connectivity index (χ0) is 23.8. The van der Waals surface area contributed by atoms with E-state index in [2.05, 4.69) is 26.6 Å². The highest BCUT2D eigenvalue weighted by molar-refractivity contribution is 7.17. The number of nitrogens with one attached hydrogen (secondary N) is 2. The molecule has 4 rings (SSSR count). The van der Waals surface area contributed by atoms with Crippen LogP contribution in [0.2, 0.25) is 0 Å². The van der Waals surface area contributed by atoms with Gasteiger partial charge in [0.1, 0.15) is 10.5 Å². The Morgan fingerprint density at radius 1 is 1.15 bits per heavy atom. The van der Waals surface area contributed by atoms with Crippen molar-refractivity contribution in [2.45, 2.75) is 46.1 Å². The molecule has 1 aromatic carbocycles. The molecule has 2 aliphatic rings. The maximum atomic E-state index is 13.1. The molecule has 2 aliphatic heterocycles. The van der Waals surface area contributed by atoms with E-state index < -0.39 is 11.7 Å². The summed E-state index contributed by atoms with van der Waals surface area (Å²) in [4.78, 5) is 45.6. The molecule has 0 bridgehead atoms. The standard InChI is InChI=1S/C23H29N5O4S/c1-14-19(33-21(24-14)26-22(31)32-23(2,3)4)20(30)28-11-9-27(10-12-28)16-6-7-17-15(13-16)5-8-18(29)25-17/h6-7,13H,5,8-12H2,1-4H3,(H,25,29)(H,24,26,31). The third-order valence-electron chi connectivity index (χ3n) is 5.52. The number of fused-ring (bicyclic) bond motifs is 1. The highest BCUT2D eigenvalue weighted by Gasteiger charge is 2.27. The molecule has 1 saturated heterocycles. The number of aromatic nitrogens is 1. The number of aryl methyl sites for hydroxylation is 2. The summed E-state index contributed by atoms with van der Waals surface area (Å²) in [5, 5.41) is 5.88. The van der Waals surface area contributed by atoms with Crippen molar-refractivity contribution < 1.29 is 19.1 Å². The zero-order valence-corrected chi connectivity index (χ0v) is 20.2. The Bertz CT molecular complexity index is 1080. The molecular weight excluding hydrogens is 442 g/mol. The molecule has 10 heteroatoms. The van der Waals surface area contributed by atoms with Crippen LogP contribution in [0.1, 0.15) is 48.1 Å². The number of carbonyl (C=O) groups is 3. The second-order valence-corrected chi connectivity index (χ2v) is 10.2. The Morgan fingerprint density at radius 2 is 1.88 bits per heavy atom. The van der Waals surface area contributed by atoms with Crippen molar-refractivity contribution in [1.29, 1.82) is 0 Å². The zero-order valence-electron chi connectivity index (χ0n) is 19.4. The summed E-state index contributed by atoms with van der Waals surface area (Å²) in [6, 6.07) is 6.11. The number of ether oxygens (including phenoxy) is 1. The van der Waals surface area contributed by atoms with Crippen LogP contribution in [0.5, 0.6) is 0 Å². The smallest absolute Gasteiger partial charge is 0.413 e. The number of amides is 3. The van der Waals surface area contributed by atoms with Gasteiger partial charge in [0.05, 0.1) is 5.69 Å². The summed E-state index contributed by atoms with van der Waals surface area (Å²) >= 11 is 1.17. The number of anilines is 3. The molecule has 176 valence electrons. The van der Waals surface area contributed by atoms with Gasteiger partial charge in [-0.2, -0.15) is 0 Å². The van der Waals surface area contributed by atoms with Gasteiger partial charge in [0.15, 0.2) is 5.13 Å². The minimum absolute atomic E-state index is 0.0604. The molecule has 1 aromatic heterocycles. The molecule has 2 aromatic rings. The van der Waals surface area contributed by atoms with Gasteiger partial charge >= 0.3 is 6.09 Å². The number of carbonyl (C=O) groups excluding carboxylic acids is 3. The molecule has 3 heterocycles. The first-order valence-corrected chi connectivity index (χ1v) is 11.8. The summed E-state index contributed by atoms with van der Waals surface area (Å²) < 4.78 is 5.26. The second-order valence-electron chi connectivity index (χ2n) is 9.23. The Balaban J connectivity index is 1.36. The minimum Gasteiger partial charge on any atom is -0.444 e. The van der Waals surface area contributed by atoms with Crippen molar-refractivity contribution >= 4 is 45.8 Å². The van der Waals surface area contributed by atoms with E-state index in [1.54, 1.807) is 27.7 Å². The molecule has 1 fully saturated rings. The van der Waals surface area contributed by atoms with Crippen LogP contribution in [0.15, 0.2) is 18.2 Å². The first-order chi connectivity index (χ1) is 15.6. The van der Waals surface area contributed by atoms with Gasteiger partial charge in [0.25, 0.3) is 5.91 Å². The monoisotopic (exact) mass is 471 g/mol. The summed E-state index contributed by atoms with van der Waals surface area (Å²) in [5.74, 6) is -0.0137. The van der Waals surface area contributed by atoms with Gasteiger partial charge in [-0.15, -0.1) is 0 Å².